The minimum Gasteiger partial charge on any atom is -0.565 e. The first kappa shape index (κ1) is 15.7. The minimum atomic E-state index is -2.08. The van der Waals surface area contributed by atoms with E-state index in [1.807, 2.05) is 0 Å². The number of benzene rings is 2. The fourth-order valence-electron chi connectivity index (χ4n) is 1.80. The lowest BCUT2D eigenvalue weighted by molar-refractivity contribution is -0.670. The van der Waals surface area contributed by atoms with Crippen molar-refractivity contribution in [3.8, 4) is 0 Å². The molecule has 20 heavy (non-hydrogen) atoms. The molecule has 0 bridgehead atoms. The van der Waals surface area contributed by atoms with Gasteiger partial charge in [-0.1, -0.05) is 60.7 Å². The van der Waals surface area contributed by atoms with E-state index in [2.05, 4.69) is 66.0 Å². The highest BCUT2D eigenvalue weighted by Gasteiger charge is 1.95. The van der Waals surface area contributed by atoms with Crippen molar-refractivity contribution in [1.82, 2.24) is 0 Å². The Morgan fingerprint density at radius 2 is 1.40 bits per heavy atom. The molecule has 2 aromatic carbocycles. The van der Waals surface area contributed by atoms with Gasteiger partial charge < -0.3 is 20.3 Å². The zero-order chi connectivity index (χ0) is 14.6. The summed E-state index contributed by atoms with van der Waals surface area (Å²) in [4.78, 5) is 8.44. The fraction of sp³-hybridized carbons (Fsp3) is 0.188. The molecule has 0 aliphatic heterocycles. The topological polar surface area (TPSA) is 77.0 Å². The van der Waals surface area contributed by atoms with E-state index >= 15 is 0 Å². The molecular weight excluding hydrogens is 254 g/mol. The number of carbonyl (C=O) groups is 1. The Morgan fingerprint density at radius 3 is 1.90 bits per heavy atom. The van der Waals surface area contributed by atoms with Crippen LogP contribution in [0.1, 0.15) is 11.1 Å². The molecule has 3 N–H and O–H groups in total. The summed E-state index contributed by atoms with van der Waals surface area (Å²) in [6.45, 7) is 2.23. The number of nitrogens with two attached hydrogens (primary N) is 1. The monoisotopic (exact) mass is 273 g/mol. The molecule has 0 saturated carbocycles. The summed E-state index contributed by atoms with van der Waals surface area (Å²) >= 11 is 0. The summed E-state index contributed by atoms with van der Waals surface area (Å²) in [5, 5.41) is 17.7. The van der Waals surface area contributed by atoms with E-state index in [4.69, 9.17) is 15.0 Å². The standard InChI is InChI=1S/C15H17N.CH2O3/c1-3-7-14(8-4-1)11-12-16-13-15-9-5-2-6-10-15;2-1(3)4/h1-10,16H,11-13H2;(H2,2,3,4). The molecule has 2 rings (SSSR count). The third-order valence-corrected chi connectivity index (χ3v) is 2.70. The quantitative estimate of drug-likeness (QED) is 0.794. The van der Waals surface area contributed by atoms with Gasteiger partial charge in [0.2, 0.25) is 6.16 Å². The summed E-state index contributed by atoms with van der Waals surface area (Å²) in [7, 11) is 0. The largest absolute Gasteiger partial charge is 0.565 e. The van der Waals surface area contributed by atoms with E-state index < -0.39 is 6.16 Å². The maximum Gasteiger partial charge on any atom is 0.249 e. The van der Waals surface area contributed by atoms with Gasteiger partial charge in [0, 0.05) is 12.0 Å². The Bertz CT molecular complexity index is 440. The Kier molecular flexibility index (Phi) is 7.53. The van der Waals surface area contributed by atoms with Crippen LogP contribution in [-0.2, 0) is 13.0 Å². The highest BCUT2D eigenvalue weighted by Crippen LogP contribution is 1.97. The van der Waals surface area contributed by atoms with Crippen LogP contribution in [0.15, 0.2) is 60.7 Å². The van der Waals surface area contributed by atoms with Crippen LogP contribution in [0.2, 0.25) is 0 Å². The van der Waals surface area contributed by atoms with Crippen molar-refractivity contribution >= 4 is 6.16 Å². The van der Waals surface area contributed by atoms with E-state index in [0.29, 0.717) is 0 Å². The molecule has 2 aromatic rings. The van der Waals surface area contributed by atoms with Gasteiger partial charge in [0.15, 0.2) is 0 Å². The first-order chi connectivity index (χ1) is 9.68. The second-order valence-electron chi connectivity index (χ2n) is 4.27. The molecule has 0 aliphatic rings. The average Bonchev–Trinajstić information content (AvgIpc) is 2.45. The van der Waals surface area contributed by atoms with Crippen molar-refractivity contribution in [2.75, 3.05) is 6.54 Å². The number of hydrogen-bond acceptors (Lipinski definition) is 2. The van der Waals surface area contributed by atoms with Crippen molar-refractivity contribution in [3.63, 3.8) is 0 Å². The highest BCUT2D eigenvalue weighted by molar-refractivity contribution is 5.50. The van der Waals surface area contributed by atoms with Gasteiger partial charge in [-0.15, -0.1) is 0 Å². The number of hydrogen-bond donors (Lipinski definition) is 2. The molecule has 0 heterocycles. The van der Waals surface area contributed by atoms with Crippen LogP contribution in [0.25, 0.3) is 0 Å². The first-order valence-electron chi connectivity index (χ1n) is 6.48. The molecule has 0 atom stereocenters. The molecule has 0 saturated heterocycles. The van der Waals surface area contributed by atoms with Crippen LogP contribution in [0.4, 0.5) is 4.79 Å². The second-order valence-corrected chi connectivity index (χ2v) is 4.27. The normalized spacial score (nSPS) is 9.40. The van der Waals surface area contributed by atoms with E-state index in [1.165, 1.54) is 11.1 Å². The highest BCUT2D eigenvalue weighted by atomic mass is 16.6. The predicted molar refractivity (Wildman–Crippen MR) is 75.1 cm³/mol. The molecule has 4 nitrogen and oxygen atoms in total. The van der Waals surface area contributed by atoms with Gasteiger partial charge in [-0.25, -0.2) is 0 Å². The van der Waals surface area contributed by atoms with Gasteiger partial charge in [-0.2, -0.15) is 0 Å². The van der Waals surface area contributed by atoms with Crippen LogP contribution in [0, 0.1) is 0 Å². The maximum atomic E-state index is 8.44. The molecule has 0 aromatic heterocycles. The third-order valence-electron chi connectivity index (χ3n) is 2.70. The summed E-state index contributed by atoms with van der Waals surface area (Å²) in [5.74, 6) is 0. The van der Waals surface area contributed by atoms with Gasteiger partial charge >= 0.3 is 0 Å². The van der Waals surface area contributed by atoms with Crippen LogP contribution in [0.3, 0.4) is 0 Å². The van der Waals surface area contributed by atoms with Gasteiger partial charge in [-0.05, 0) is 5.56 Å². The summed E-state index contributed by atoms with van der Waals surface area (Å²) in [6, 6.07) is 21.3. The first-order valence-corrected chi connectivity index (χ1v) is 6.48. The predicted octanol–water partition coefficient (Wildman–Crippen LogP) is 0.880. The Hall–Kier alpha value is -2.33. The number of carboxylic acid groups (broad SMARTS) is 2. The molecule has 0 unspecified atom stereocenters. The van der Waals surface area contributed by atoms with Gasteiger partial charge in [-0.3, -0.25) is 0 Å². The lowest BCUT2D eigenvalue weighted by Crippen LogP contribution is -2.83. The lowest BCUT2D eigenvalue weighted by Gasteiger charge is -2.02. The minimum absolute atomic E-state index is 1.08. The smallest absolute Gasteiger partial charge is 0.249 e. The molecule has 4 heteroatoms. The Morgan fingerprint density at radius 1 is 0.950 bits per heavy atom. The summed E-state index contributed by atoms with van der Waals surface area (Å²) in [5.41, 5.74) is 2.82. The van der Waals surface area contributed by atoms with E-state index in [9.17, 15) is 0 Å². The van der Waals surface area contributed by atoms with Crippen LogP contribution in [0.5, 0.6) is 0 Å². The van der Waals surface area contributed by atoms with Gasteiger partial charge in [0.25, 0.3) is 0 Å². The van der Waals surface area contributed by atoms with Crippen molar-refractivity contribution in [1.29, 1.82) is 0 Å². The van der Waals surface area contributed by atoms with Crippen molar-refractivity contribution in [2.24, 2.45) is 0 Å². The van der Waals surface area contributed by atoms with E-state index in [0.717, 1.165) is 19.5 Å². The molecular formula is C16H19NO3. The van der Waals surface area contributed by atoms with E-state index in [-0.39, 0.29) is 0 Å². The zero-order valence-corrected chi connectivity index (χ0v) is 11.2. The molecule has 0 amide bonds. The average molecular weight is 273 g/mol. The molecule has 0 radical (unpaired) electrons. The Labute approximate surface area is 118 Å². The molecule has 106 valence electrons. The Balaban J connectivity index is 0.000000444. The molecule has 0 spiro atoms. The number of rotatable bonds is 5. The van der Waals surface area contributed by atoms with Crippen LogP contribution < -0.4 is 10.4 Å². The second kappa shape index (κ2) is 9.58. The molecule has 0 fully saturated rings. The third kappa shape index (κ3) is 7.89. The fourth-order valence-corrected chi connectivity index (χ4v) is 1.80. The maximum absolute atomic E-state index is 8.44. The van der Waals surface area contributed by atoms with Crippen LogP contribution >= 0.6 is 0 Å². The zero-order valence-electron chi connectivity index (χ0n) is 11.2. The SMILES string of the molecule is O=C([O-])O.c1ccc(CC[NH2+]Cc2ccccc2)cc1. The van der Waals surface area contributed by atoms with Gasteiger partial charge in [0.05, 0.1) is 6.54 Å². The van der Waals surface area contributed by atoms with Crippen molar-refractivity contribution < 1.29 is 20.3 Å². The van der Waals surface area contributed by atoms with Crippen molar-refractivity contribution in [2.45, 2.75) is 13.0 Å². The lowest BCUT2D eigenvalue weighted by atomic mass is 10.1. The van der Waals surface area contributed by atoms with E-state index in [1.54, 1.807) is 0 Å². The van der Waals surface area contributed by atoms with Crippen molar-refractivity contribution in [3.05, 3.63) is 71.8 Å². The van der Waals surface area contributed by atoms with Gasteiger partial charge in [0.1, 0.15) is 6.54 Å². The van der Waals surface area contributed by atoms with Crippen LogP contribution in [-0.4, -0.2) is 17.8 Å². The molecule has 0 aliphatic carbocycles. The summed E-state index contributed by atoms with van der Waals surface area (Å²) in [6.07, 6.45) is -0.937. The summed E-state index contributed by atoms with van der Waals surface area (Å²) < 4.78 is 0. The number of quaternary nitrogens is 1.